The van der Waals surface area contributed by atoms with Crippen LogP contribution in [0.5, 0.6) is 11.5 Å². The maximum Gasteiger partial charge on any atom is 0.167 e. The van der Waals surface area contributed by atoms with E-state index in [1.807, 2.05) is 30.3 Å². The number of halogens is 2. The molecule has 148 valence electrons. The zero-order valence-electron chi connectivity index (χ0n) is 15.7. The molecule has 2 aromatic carbocycles. The lowest BCUT2D eigenvalue weighted by Crippen LogP contribution is -2.46. The van der Waals surface area contributed by atoms with Crippen molar-refractivity contribution in [2.45, 2.75) is 44.4 Å². The van der Waals surface area contributed by atoms with E-state index in [0.717, 1.165) is 5.75 Å². The highest BCUT2D eigenvalue weighted by atomic mass is 35.5. The van der Waals surface area contributed by atoms with E-state index in [0.29, 0.717) is 36.1 Å². The van der Waals surface area contributed by atoms with Gasteiger partial charge in [-0.1, -0.05) is 49.7 Å². The molecule has 0 aliphatic carbocycles. The molecule has 0 radical (unpaired) electrons. The predicted molar refractivity (Wildman–Crippen MR) is 111 cm³/mol. The molecule has 0 aromatic heterocycles. The lowest BCUT2D eigenvalue weighted by atomic mass is 10.0. The minimum atomic E-state index is -0.678. The van der Waals surface area contributed by atoms with Crippen LogP contribution in [0.4, 0.5) is 0 Å². The average molecular weight is 412 g/mol. The third-order valence-corrected chi connectivity index (χ3v) is 5.03. The smallest absolute Gasteiger partial charge is 0.167 e. The highest BCUT2D eigenvalue weighted by Gasteiger charge is 2.42. The van der Waals surface area contributed by atoms with Gasteiger partial charge in [0, 0.05) is 26.0 Å². The number of hydrogen-bond donors (Lipinski definition) is 2. The molecule has 0 spiro atoms. The number of aliphatic hydroxyl groups excluding tert-OH is 1. The molecule has 1 heterocycles. The Bertz CT molecular complexity index is 724. The number of para-hydroxylation sites is 1. The molecule has 1 aliphatic rings. The second-order valence-electron chi connectivity index (χ2n) is 7.05. The molecule has 1 fully saturated rings. The van der Waals surface area contributed by atoms with Crippen molar-refractivity contribution in [3.05, 3.63) is 59.1 Å². The molecule has 1 saturated heterocycles. The molecule has 1 aliphatic heterocycles. The first kappa shape index (κ1) is 21.8. The van der Waals surface area contributed by atoms with Crippen LogP contribution in [0.3, 0.4) is 0 Å². The molecule has 0 amide bonds. The van der Waals surface area contributed by atoms with E-state index in [4.69, 9.17) is 21.1 Å². The van der Waals surface area contributed by atoms with E-state index < -0.39 is 5.72 Å². The topological polar surface area (TPSA) is 50.7 Å². The van der Waals surface area contributed by atoms with Crippen molar-refractivity contribution in [1.29, 1.82) is 0 Å². The lowest BCUT2D eigenvalue weighted by molar-refractivity contribution is 0.0190. The minimum Gasteiger partial charge on any atom is -0.489 e. The third kappa shape index (κ3) is 5.52. The van der Waals surface area contributed by atoms with Crippen LogP contribution in [0.25, 0.3) is 0 Å². The van der Waals surface area contributed by atoms with Crippen LogP contribution in [0, 0.1) is 0 Å². The van der Waals surface area contributed by atoms with Crippen LogP contribution in [-0.2, 0) is 0 Å². The Hall–Kier alpha value is -1.46. The summed E-state index contributed by atoms with van der Waals surface area (Å²) in [5.41, 5.74) is 0.612. The number of benzene rings is 2. The maximum absolute atomic E-state index is 9.50. The van der Waals surface area contributed by atoms with Crippen molar-refractivity contribution in [2.75, 3.05) is 13.2 Å². The van der Waals surface area contributed by atoms with Gasteiger partial charge in [0.2, 0.25) is 0 Å². The summed E-state index contributed by atoms with van der Waals surface area (Å²) in [6.45, 7) is 5.02. The SMILES string of the molecule is CC(C)c1ccc(OC2CNC(CCO)(Oc3ccccc3Cl)C2)cc1.Cl. The summed E-state index contributed by atoms with van der Waals surface area (Å²) in [6.07, 6.45) is 1.06. The zero-order valence-corrected chi connectivity index (χ0v) is 17.2. The molecule has 6 heteroatoms. The summed E-state index contributed by atoms with van der Waals surface area (Å²) in [7, 11) is 0. The van der Waals surface area contributed by atoms with E-state index in [-0.39, 0.29) is 25.1 Å². The van der Waals surface area contributed by atoms with Crippen molar-refractivity contribution in [1.82, 2.24) is 5.32 Å². The second-order valence-corrected chi connectivity index (χ2v) is 7.46. The number of aliphatic hydroxyl groups is 1. The maximum atomic E-state index is 9.50. The minimum absolute atomic E-state index is 0. The Morgan fingerprint density at radius 1 is 1.19 bits per heavy atom. The Balaban J connectivity index is 0.00000261. The molecule has 2 aromatic rings. The molecule has 0 saturated carbocycles. The monoisotopic (exact) mass is 411 g/mol. The van der Waals surface area contributed by atoms with E-state index in [1.165, 1.54) is 5.56 Å². The van der Waals surface area contributed by atoms with Crippen molar-refractivity contribution >= 4 is 24.0 Å². The fourth-order valence-electron chi connectivity index (χ4n) is 3.26. The van der Waals surface area contributed by atoms with Gasteiger partial charge in [-0.3, -0.25) is 5.32 Å². The fraction of sp³-hybridized carbons (Fsp3) is 0.429. The van der Waals surface area contributed by atoms with Crippen LogP contribution >= 0.6 is 24.0 Å². The molecule has 2 unspecified atom stereocenters. The molecule has 4 nitrogen and oxygen atoms in total. The van der Waals surface area contributed by atoms with Crippen molar-refractivity contribution in [3.63, 3.8) is 0 Å². The average Bonchev–Trinajstić information content (AvgIpc) is 3.00. The molecule has 27 heavy (non-hydrogen) atoms. The summed E-state index contributed by atoms with van der Waals surface area (Å²) in [4.78, 5) is 0. The summed E-state index contributed by atoms with van der Waals surface area (Å²) < 4.78 is 12.3. The summed E-state index contributed by atoms with van der Waals surface area (Å²) in [5.74, 6) is 1.95. The van der Waals surface area contributed by atoms with Gasteiger partial charge in [-0.15, -0.1) is 12.4 Å². The summed E-state index contributed by atoms with van der Waals surface area (Å²) in [6, 6.07) is 15.6. The van der Waals surface area contributed by atoms with Crippen LogP contribution in [0.1, 0.15) is 38.2 Å². The Morgan fingerprint density at radius 3 is 2.52 bits per heavy atom. The van der Waals surface area contributed by atoms with Crippen molar-refractivity contribution in [3.8, 4) is 11.5 Å². The predicted octanol–water partition coefficient (Wildman–Crippen LogP) is 4.78. The first-order valence-electron chi connectivity index (χ1n) is 9.07. The Labute approximate surface area is 172 Å². The fourth-order valence-corrected chi connectivity index (χ4v) is 3.43. The van der Waals surface area contributed by atoms with Crippen LogP contribution in [-0.4, -0.2) is 30.1 Å². The lowest BCUT2D eigenvalue weighted by Gasteiger charge is -2.30. The van der Waals surface area contributed by atoms with Crippen LogP contribution in [0.15, 0.2) is 48.5 Å². The van der Waals surface area contributed by atoms with Crippen LogP contribution in [0.2, 0.25) is 5.02 Å². The largest absolute Gasteiger partial charge is 0.489 e. The summed E-state index contributed by atoms with van der Waals surface area (Å²) >= 11 is 6.22. The molecule has 2 N–H and O–H groups in total. The first-order valence-corrected chi connectivity index (χ1v) is 9.45. The molecular weight excluding hydrogens is 385 g/mol. The van der Waals surface area contributed by atoms with E-state index in [1.54, 1.807) is 6.07 Å². The van der Waals surface area contributed by atoms with E-state index >= 15 is 0 Å². The van der Waals surface area contributed by atoms with Crippen LogP contribution < -0.4 is 14.8 Å². The molecule has 2 atom stereocenters. The highest BCUT2D eigenvalue weighted by molar-refractivity contribution is 6.32. The Morgan fingerprint density at radius 2 is 1.89 bits per heavy atom. The van der Waals surface area contributed by atoms with E-state index in [9.17, 15) is 5.11 Å². The molecule has 3 rings (SSSR count). The first-order chi connectivity index (χ1) is 12.5. The number of rotatable bonds is 7. The van der Waals surface area contributed by atoms with Gasteiger partial charge < -0.3 is 14.6 Å². The van der Waals surface area contributed by atoms with Crippen molar-refractivity contribution < 1.29 is 14.6 Å². The van der Waals surface area contributed by atoms with Crippen molar-refractivity contribution in [2.24, 2.45) is 0 Å². The van der Waals surface area contributed by atoms with Gasteiger partial charge in [0.05, 0.1) is 5.02 Å². The second kappa shape index (κ2) is 9.65. The van der Waals surface area contributed by atoms with E-state index in [2.05, 4.69) is 31.3 Å². The highest BCUT2D eigenvalue weighted by Crippen LogP contribution is 2.33. The van der Waals surface area contributed by atoms with Gasteiger partial charge in [-0.2, -0.15) is 0 Å². The Kier molecular flexibility index (Phi) is 7.80. The standard InChI is InChI=1S/C21H26ClNO3.ClH/c1-15(2)16-7-9-17(10-8-16)25-18-13-21(11-12-24,23-14-18)26-20-6-4-3-5-19(20)22;/h3-10,15,18,23-24H,11-14H2,1-2H3;1H. The number of nitrogens with one attached hydrogen (secondary N) is 1. The number of ether oxygens (including phenoxy) is 2. The van der Waals surface area contributed by atoms with Gasteiger partial charge in [-0.25, -0.2) is 0 Å². The molecule has 0 bridgehead atoms. The normalized spacial score (nSPS) is 21.7. The van der Waals surface area contributed by atoms with Gasteiger partial charge in [-0.05, 0) is 35.7 Å². The van der Waals surface area contributed by atoms with Gasteiger partial charge >= 0.3 is 0 Å². The third-order valence-electron chi connectivity index (χ3n) is 4.72. The van der Waals surface area contributed by atoms with Gasteiger partial charge in [0.15, 0.2) is 5.72 Å². The summed E-state index contributed by atoms with van der Waals surface area (Å²) in [5, 5.41) is 13.4. The zero-order chi connectivity index (χ0) is 18.6. The quantitative estimate of drug-likeness (QED) is 0.687. The van der Waals surface area contributed by atoms with Gasteiger partial charge in [0.1, 0.15) is 17.6 Å². The van der Waals surface area contributed by atoms with Gasteiger partial charge in [0.25, 0.3) is 0 Å². The molecular formula is C21H27Cl2NO3. The number of hydrogen-bond acceptors (Lipinski definition) is 4.